The Hall–Kier alpha value is -2.60. The van der Waals surface area contributed by atoms with Crippen molar-refractivity contribution in [1.29, 1.82) is 0 Å². The van der Waals surface area contributed by atoms with Crippen molar-refractivity contribution in [3.63, 3.8) is 0 Å². The fourth-order valence-corrected chi connectivity index (χ4v) is 4.55. The molecule has 2 N–H and O–H groups in total. The van der Waals surface area contributed by atoms with E-state index in [1.807, 2.05) is 17.0 Å². The normalized spacial score (nSPS) is 20.4. The van der Waals surface area contributed by atoms with E-state index in [0.29, 0.717) is 44.1 Å². The van der Waals surface area contributed by atoms with Crippen LogP contribution in [-0.2, 0) is 6.54 Å². The number of nitrogens with one attached hydrogen (secondary N) is 1. The number of halogens is 1. The van der Waals surface area contributed by atoms with Gasteiger partial charge in [-0.1, -0.05) is 36.4 Å². The monoisotopic (exact) mass is 424 g/mol. The molecule has 2 aromatic rings. The van der Waals surface area contributed by atoms with Gasteiger partial charge in [0.05, 0.1) is 18.3 Å². The van der Waals surface area contributed by atoms with E-state index in [4.69, 9.17) is 4.99 Å². The van der Waals surface area contributed by atoms with Crippen LogP contribution in [0.2, 0.25) is 0 Å². The molecule has 0 spiro atoms. The minimum Gasteiger partial charge on any atom is -0.393 e. The number of rotatable bonds is 5. The number of hydrogen-bond donors (Lipinski definition) is 2. The first-order chi connectivity index (χ1) is 15.1. The molecule has 166 valence electrons. The Kier molecular flexibility index (Phi) is 7.07. The number of anilines is 1. The molecule has 0 aliphatic carbocycles. The number of likely N-dealkylation sites (tertiary alicyclic amines) is 1. The van der Waals surface area contributed by atoms with E-state index in [0.717, 1.165) is 37.6 Å². The molecule has 1 atom stereocenters. The van der Waals surface area contributed by atoms with Gasteiger partial charge in [0.1, 0.15) is 5.82 Å². The molecule has 0 amide bonds. The maximum Gasteiger partial charge on any atom is 0.194 e. The maximum absolute atomic E-state index is 14.8. The third kappa shape index (κ3) is 5.37. The zero-order chi connectivity index (χ0) is 21.6. The highest BCUT2D eigenvalue weighted by Gasteiger charge is 2.26. The van der Waals surface area contributed by atoms with Gasteiger partial charge in [0, 0.05) is 38.6 Å². The SMILES string of the molecule is CCNC(=NCc1ccc(N2CCC(O)CC2)c(F)c1)N1CCC(c2ccccc2)C1. The van der Waals surface area contributed by atoms with E-state index in [2.05, 4.69) is 47.5 Å². The molecule has 2 aliphatic rings. The van der Waals surface area contributed by atoms with Crippen LogP contribution in [0.1, 0.15) is 43.2 Å². The molecule has 1 unspecified atom stereocenters. The van der Waals surface area contributed by atoms with Crippen molar-refractivity contribution < 1.29 is 9.50 Å². The lowest BCUT2D eigenvalue weighted by Crippen LogP contribution is -2.40. The summed E-state index contributed by atoms with van der Waals surface area (Å²) in [7, 11) is 0. The standard InChI is InChI=1S/C25H33FN4O/c1-2-27-25(30-13-10-21(18-30)20-6-4-3-5-7-20)28-17-19-8-9-24(23(26)16-19)29-14-11-22(31)12-15-29/h3-9,16,21-22,31H,2,10-15,17-18H2,1H3,(H,27,28). The van der Waals surface area contributed by atoms with Crippen molar-refractivity contribution >= 4 is 11.6 Å². The molecule has 2 heterocycles. The van der Waals surface area contributed by atoms with Crippen molar-refractivity contribution in [2.75, 3.05) is 37.6 Å². The second-order valence-corrected chi connectivity index (χ2v) is 8.52. The van der Waals surface area contributed by atoms with Gasteiger partial charge in [-0.15, -0.1) is 0 Å². The fraction of sp³-hybridized carbons (Fsp3) is 0.480. The molecule has 0 aromatic heterocycles. The van der Waals surface area contributed by atoms with Gasteiger partial charge in [-0.2, -0.15) is 0 Å². The summed E-state index contributed by atoms with van der Waals surface area (Å²) < 4.78 is 14.8. The number of aliphatic hydroxyl groups excluding tert-OH is 1. The second-order valence-electron chi connectivity index (χ2n) is 8.52. The number of guanidine groups is 1. The third-order valence-electron chi connectivity index (χ3n) is 6.32. The molecule has 0 bridgehead atoms. The molecule has 2 fully saturated rings. The lowest BCUT2D eigenvalue weighted by Gasteiger charge is -2.31. The largest absolute Gasteiger partial charge is 0.393 e. The highest BCUT2D eigenvalue weighted by molar-refractivity contribution is 5.80. The van der Waals surface area contributed by atoms with Crippen LogP contribution in [0.5, 0.6) is 0 Å². The van der Waals surface area contributed by atoms with E-state index in [1.54, 1.807) is 6.07 Å². The van der Waals surface area contributed by atoms with Gasteiger partial charge in [0.25, 0.3) is 0 Å². The Labute approximate surface area is 184 Å². The Bertz CT molecular complexity index is 880. The fourth-order valence-electron chi connectivity index (χ4n) is 4.55. The van der Waals surface area contributed by atoms with Gasteiger partial charge >= 0.3 is 0 Å². The van der Waals surface area contributed by atoms with Gasteiger partial charge < -0.3 is 20.2 Å². The summed E-state index contributed by atoms with van der Waals surface area (Å²) >= 11 is 0. The summed E-state index contributed by atoms with van der Waals surface area (Å²) in [5.41, 5.74) is 2.87. The molecule has 2 aromatic carbocycles. The van der Waals surface area contributed by atoms with Gasteiger partial charge in [0.15, 0.2) is 5.96 Å². The highest BCUT2D eigenvalue weighted by atomic mass is 19.1. The zero-order valence-corrected chi connectivity index (χ0v) is 18.3. The first-order valence-electron chi connectivity index (χ1n) is 11.4. The average molecular weight is 425 g/mol. The Morgan fingerprint density at radius 3 is 2.58 bits per heavy atom. The lowest BCUT2D eigenvalue weighted by atomic mass is 9.99. The second kappa shape index (κ2) is 10.1. The lowest BCUT2D eigenvalue weighted by molar-refractivity contribution is 0.145. The number of aliphatic hydroxyl groups is 1. The molecule has 31 heavy (non-hydrogen) atoms. The van der Waals surface area contributed by atoms with Crippen LogP contribution >= 0.6 is 0 Å². The van der Waals surface area contributed by atoms with Crippen LogP contribution in [0.15, 0.2) is 53.5 Å². The number of hydrogen-bond acceptors (Lipinski definition) is 3. The molecule has 2 saturated heterocycles. The highest BCUT2D eigenvalue weighted by Crippen LogP contribution is 2.27. The van der Waals surface area contributed by atoms with E-state index in [1.165, 1.54) is 5.56 Å². The summed E-state index contributed by atoms with van der Waals surface area (Å²) in [6.45, 7) is 6.63. The summed E-state index contributed by atoms with van der Waals surface area (Å²) in [5, 5.41) is 13.1. The smallest absolute Gasteiger partial charge is 0.194 e. The van der Waals surface area contributed by atoms with E-state index in [-0.39, 0.29) is 11.9 Å². The average Bonchev–Trinajstić information content (AvgIpc) is 3.28. The van der Waals surface area contributed by atoms with Crippen molar-refractivity contribution in [3.05, 3.63) is 65.5 Å². The first-order valence-corrected chi connectivity index (χ1v) is 11.4. The van der Waals surface area contributed by atoms with Crippen LogP contribution in [-0.4, -0.2) is 54.8 Å². The van der Waals surface area contributed by atoms with Gasteiger partial charge in [-0.05, 0) is 49.4 Å². The summed E-state index contributed by atoms with van der Waals surface area (Å²) in [4.78, 5) is 9.14. The van der Waals surface area contributed by atoms with Crippen molar-refractivity contribution in [3.8, 4) is 0 Å². The van der Waals surface area contributed by atoms with Crippen LogP contribution in [0.4, 0.5) is 10.1 Å². The Morgan fingerprint density at radius 1 is 1.10 bits per heavy atom. The molecule has 0 radical (unpaired) electrons. The Morgan fingerprint density at radius 2 is 1.87 bits per heavy atom. The van der Waals surface area contributed by atoms with Crippen molar-refractivity contribution in [2.45, 2.75) is 44.8 Å². The molecular weight excluding hydrogens is 391 g/mol. The minimum absolute atomic E-state index is 0.209. The predicted octanol–water partition coefficient (Wildman–Crippen LogP) is 3.74. The van der Waals surface area contributed by atoms with Crippen LogP contribution in [0, 0.1) is 5.82 Å². The van der Waals surface area contributed by atoms with Gasteiger partial charge in [0.2, 0.25) is 0 Å². The van der Waals surface area contributed by atoms with Gasteiger partial charge in [-0.3, -0.25) is 0 Å². The van der Waals surface area contributed by atoms with E-state index < -0.39 is 0 Å². The minimum atomic E-state index is -0.260. The Balaban J connectivity index is 1.41. The quantitative estimate of drug-likeness (QED) is 0.567. The summed E-state index contributed by atoms with van der Waals surface area (Å²) in [5.74, 6) is 1.21. The van der Waals surface area contributed by atoms with Crippen LogP contribution < -0.4 is 10.2 Å². The molecule has 6 heteroatoms. The maximum atomic E-state index is 14.8. The van der Waals surface area contributed by atoms with Crippen LogP contribution in [0.3, 0.4) is 0 Å². The van der Waals surface area contributed by atoms with E-state index in [9.17, 15) is 9.50 Å². The zero-order valence-electron chi connectivity index (χ0n) is 18.3. The summed E-state index contributed by atoms with van der Waals surface area (Å²) in [6.07, 6.45) is 2.24. The number of piperidine rings is 1. The summed E-state index contributed by atoms with van der Waals surface area (Å²) in [6, 6.07) is 16.1. The molecule has 5 nitrogen and oxygen atoms in total. The molecular formula is C25H33FN4O. The van der Waals surface area contributed by atoms with E-state index >= 15 is 0 Å². The molecule has 2 aliphatic heterocycles. The van der Waals surface area contributed by atoms with Crippen molar-refractivity contribution in [2.24, 2.45) is 4.99 Å². The number of nitrogens with zero attached hydrogens (tertiary/aromatic N) is 3. The predicted molar refractivity (Wildman–Crippen MR) is 124 cm³/mol. The van der Waals surface area contributed by atoms with Gasteiger partial charge in [-0.25, -0.2) is 9.38 Å². The first kappa shape index (κ1) is 21.6. The third-order valence-corrected chi connectivity index (χ3v) is 6.32. The number of benzene rings is 2. The number of aliphatic imine (C=N–C) groups is 1. The van der Waals surface area contributed by atoms with Crippen LogP contribution in [0.25, 0.3) is 0 Å². The van der Waals surface area contributed by atoms with Crippen molar-refractivity contribution in [1.82, 2.24) is 10.2 Å². The topological polar surface area (TPSA) is 51.1 Å². The molecule has 4 rings (SSSR count). The molecule has 0 saturated carbocycles.